The summed E-state index contributed by atoms with van der Waals surface area (Å²) in [5.41, 5.74) is 4.29. The Morgan fingerprint density at radius 3 is 2.48 bits per heavy atom. The van der Waals surface area contributed by atoms with E-state index in [0.29, 0.717) is 31.4 Å². The van der Waals surface area contributed by atoms with Crippen molar-refractivity contribution in [3.05, 3.63) is 71.4 Å². The number of hydrogen-bond donors (Lipinski definition) is 1. The molecule has 1 aliphatic heterocycles. The number of nitrogens with zero attached hydrogens (tertiary/aromatic N) is 2. The monoisotopic (exact) mass is 419 g/mol. The number of nitrogens with one attached hydrogen (secondary N) is 1. The first-order valence-electron chi connectivity index (χ1n) is 10.8. The predicted octanol–water partition coefficient (Wildman–Crippen LogP) is 4.69. The Labute approximate surface area is 183 Å². The van der Waals surface area contributed by atoms with Gasteiger partial charge in [-0.25, -0.2) is 0 Å². The van der Waals surface area contributed by atoms with Gasteiger partial charge in [0.2, 0.25) is 0 Å². The molecule has 1 aromatic heterocycles. The SMILES string of the molecule is COCCN1C(=O)c2[nH]nc(-c3ccccc3)c2C1c1ccc(OCCC(C)C)cc1. The second kappa shape index (κ2) is 9.35. The molecule has 0 aliphatic carbocycles. The fourth-order valence-corrected chi connectivity index (χ4v) is 3.94. The van der Waals surface area contributed by atoms with Gasteiger partial charge in [-0.3, -0.25) is 9.89 Å². The highest BCUT2D eigenvalue weighted by Gasteiger charge is 2.41. The van der Waals surface area contributed by atoms with E-state index in [1.165, 1.54) is 0 Å². The smallest absolute Gasteiger partial charge is 0.273 e. The standard InChI is InChI=1S/C25H29N3O3/c1-17(2)13-15-31-20-11-9-19(10-12-20)24-21-22(18-7-5-4-6-8-18)26-27-23(21)25(29)28(24)14-16-30-3/h4-12,17,24H,13-16H2,1-3H3,(H,26,27). The second-order valence-corrected chi connectivity index (χ2v) is 8.22. The lowest BCUT2D eigenvalue weighted by atomic mass is 9.96. The van der Waals surface area contributed by atoms with Crippen molar-refractivity contribution in [2.45, 2.75) is 26.3 Å². The Bertz CT molecular complexity index is 1010. The molecule has 0 saturated carbocycles. The molecule has 31 heavy (non-hydrogen) atoms. The molecular formula is C25H29N3O3. The third-order valence-electron chi connectivity index (χ3n) is 5.61. The van der Waals surface area contributed by atoms with Crippen LogP contribution in [0.15, 0.2) is 54.6 Å². The van der Waals surface area contributed by atoms with Crippen molar-refractivity contribution in [3.8, 4) is 17.0 Å². The van der Waals surface area contributed by atoms with Gasteiger partial charge in [0.15, 0.2) is 0 Å². The summed E-state index contributed by atoms with van der Waals surface area (Å²) in [6.45, 7) is 6.04. The van der Waals surface area contributed by atoms with Crippen LogP contribution in [0.4, 0.5) is 0 Å². The molecule has 162 valence electrons. The molecule has 0 fully saturated rings. The number of aromatic nitrogens is 2. The first kappa shape index (κ1) is 21.1. The number of carbonyl (C=O) groups is 1. The molecule has 3 aromatic rings. The van der Waals surface area contributed by atoms with Gasteiger partial charge in [0.25, 0.3) is 5.91 Å². The van der Waals surface area contributed by atoms with Gasteiger partial charge in [0.1, 0.15) is 11.4 Å². The number of rotatable bonds is 9. The molecular weight excluding hydrogens is 390 g/mol. The van der Waals surface area contributed by atoms with Crippen LogP contribution < -0.4 is 4.74 Å². The van der Waals surface area contributed by atoms with Crippen LogP contribution >= 0.6 is 0 Å². The van der Waals surface area contributed by atoms with Gasteiger partial charge in [-0.2, -0.15) is 5.10 Å². The number of ether oxygens (including phenoxy) is 2. The zero-order valence-electron chi connectivity index (χ0n) is 18.3. The van der Waals surface area contributed by atoms with E-state index in [-0.39, 0.29) is 11.9 Å². The number of H-pyrrole nitrogens is 1. The molecule has 0 spiro atoms. The Hall–Kier alpha value is -3.12. The summed E-state index contributed by atoms with van der Waals surface area (Å²) in [5, 5.41) is 7.48. The Kier molecular flexibility index (Phi) is 6.37. The molecule has 6 nitrogen and oxygen atoms in total. The van der Waals surface area contributed by atoms with Gasteiger partial charge >= 0.3 is 0 Å². The lowest BCUT2D eigenvalue weighted by Crippen LogP contribution is -2.32. The van der Waals surface area contributed by atoms with Gasteiger partial charge in [0.05, 0.1) is 24.9 Å². The van der Waals surface area contributed by atoms with E-state index in [4.69, 9.17) is 9.47 Å². The summed E-state index contributed by atoms with van der Waals surface area (Å²) < 4.78 is 11.1. The molecule has 1 N–H and O–H groups in total. The molecule has 0 bridgehead atoms. The van der Waals surface area contributed by atoms with Crippen LogP contribution in [0, 0.1) is 5.92 Å². The van der Waals surface area contributed by atoms with Crippen molar-refractivity contribution < 1.29 is 14.3 Å². The van der Waals surface area contributed by atoms with E-state index >= 15 is 0 Å². The molecule has 0 saturated heterocycles. The largest absolute Gasteiger partial charge is 0.494 e. The fraction of sp³-hybridized carbons (Fsp3) is 0.360. The van der Waals surface area contributed by atoms with Crippen LogP contribution in [0.3, 0.4) is 0 Å². The van der Waals surface area contributed by atoms with Crippen LogP contribution in [-0.2, 0) is 4.74 Å². The normalized spacial score (nSPS) is 15.5. The number of benzene rings is 2. The first-order valence-corrected chi connectivity index (χ1v) is 10.8. The van der Waals surface area contributed by atoms with Crippen LogP contribution in [0.2, 0.25) is 0 Å². The molecule has 1 aliphatic rings. The van der Waals surface area contributed by atoms with Crippen LogP contribution in [0.1, 0.15) is 47.9 Å². The third kappa shape index (κ3) is 4.35. The number of hydrogen-bond acceptors (Lipinski definition) is 4. The maximum absolute atomic E-state index is 13.2. The van der Waals surface area contributed by atoms with Crippen molar-refractivity contribution in [1.29, 1.82) is 0 Å². The minimum Gasteiger partial charge on any atom is -0.494 e. The van der Waals surface area contributed by atoms with Gasteiger partial charge in [-0.15, -0.1) is 0 Å². The molecule has 2 heterocycles. The maximum atomic E-state index is 13.2. The molecule has 1 atom stereocenters. The Balaban J connectivity index is 1.68. The molecule has 2 aromatic carbocycles. The van der Waals surface area contributed by atoms with E-state index in [2.05, 4.69) is 24.0 Å². The highest BCUT2D eigenvalue weighted by Crippen LogP contribution is 2.42. The summed E-state index contributed by atoms with van der Waals surface area (Å²) in [6.07, 6.45) is 1.02. The number of amides is 1. The number of carbonyl (C=O) groups excluding carboxylic acids is 1. The summed E-state index contributed by atoms with van der Waals surface area (Å²) in [6, 6.07) is 17.8. The summed E-state index contributed by atoms with van der Waals surface area (Å²) in [4.78, 5) is 15.0. The topological polar surface area (TPSA) is 67.5 Å². The van der Waals surface area contributed by atoms with Crippen molar-refractivity contribution in [2.24, 2.45) is 5.92 Å². The molecule has 6 heteroatoms. The minimum atomic E-state index is -0.226. The molecule has 4 rings (SSSR count). The molecule has 0 radical (unpaired) electrons. The van der Waals surface area contributed by atoms with Crippen molar-refractivity contribution in [3.63, 3.8) is 0 Å². The van der Waals surface area contributed by atoms with Crippen molar-refractivity contribution in [1.82, 2.24) is 15.1 Å². The average Bonchev–Trinajstić information content (AvgIpc) is 3.32. The Morgan fingerprint density at radius 2 is 1.81 bits per heavy atom. The zero-order chi connectivity index (χ0) is 21.8. The van der Waals surface area contributed by atoms with Crippen molar-refractivity contribution in [2.75, 3.05) is 26.9 Å². The number of methoxy groups -OCH3 is 1. The summed E-state index contributed by atoms with van der Waals surface area (Å²) in [7, 11) is 1.65. The lowest BCUT2D eigenvalue weighted by molar-refractivity contribution is 0.0677. The maximum Gasteiger partial charge on any atom is 0.273 e. The Morgan fingerprint density at radius 1 is 1.06 bits per heavy atom. The summed E-state index contributed by atoms with van der Waals surface area (Å²) >= 11 is 0. The highest BCUT2D eigenvalue weighted by atomic mass is 16.5. The number of fused-ring (bicyclic) bond motifs is 1. The van der Waals surface area contributed by atoms with E-state index in [0.717, 1.165) is 34.6 Å². The lowest BCUT2D eigenvalue weighted by Gasteiger charge is -2.26. The third-order valence-corrected chi connectivity index (χ3v) is 5.61. The van der Waals surface area contributed by atoms with Crippen LogP contribution in [-0.4, -0.2) is 47.9 Å². The average molecular weight is 420 g/mol. The van der Waals surface area contributed by atoms with E-state index in [1.807, 2.05) is 59.5 Å². The van der Waals surface area contributed by atoms with E-state index in [9.17, 15) is 4.79 Å². The van der Waals surface area contributed by atoms with E-state index in [1.54, 1.807) is 7.11 Å². The van der Waals surface area contributed by atoms with E-state index < -0.39 is 0 Å². The molecule has 1 amide bonds. The second-order valence-electron chi connectivity index (χ2n) is 8.22. The van der Waals surface area contributed by atoms with Gasteiger partial charge in [0, 0.05) is 24.8 Å². The van der Waals surface area contributed by atoms with Crippen LogP contribution in [0.5, 0.6) is 5.75 Å². The minimum absolute atomic E-state index is 0.0519. The first-order chi connectivity index (χ1) is 15.1. The summed E-state index contributed by atoms with van der Waals surface area (Å²) in [5.74, 6) is 1.39. The predicted molar refractivity (Wildman–Crippen MR) is 120 cm³/mol. The van der Waals surface area contributed by atoms with Gasteiger partial charge < -0.3 is 14.4 Å². The van der Waals surface area contributed by atoms with Crippen LogP contribution in [0.25, 0.3) is 11.3 Å². The number of aromatic amines is 1. The highest BCUT2D eigenvalue weighted by molar-refractivity contribution is 6.00. The van der Waals surface area contributed by atoms with Gasteiger partial charge in [-0.05, 0) is 30.0 Å². The quantitative estimate of drug-likeness (QED) is 0.546. The molecule has 1 unspecified atom stereocenters. The van der Waals surface area contributed by atoms with Gasteiger partial charge in [-0.1, -0.05) is 56.3 Å². The van der Waals surface area contributed by atoms with Crippen molar-refractivity contribution >= 4 is 5.91 Å². The fourth-order valence-electron chi connectivity index (χ4n) is 3.94. The zero-order valence-corrected chi connectivity index (χ0v) is 18.3.